The second-order valence-electron chi connectivity index (χ2n) is 19.8. The van der Waals surface area contributed by atoms with Crippen LogP contribution in [0.5, 0.6) is 0 Å². The van der Waals surface area contributed by atoms with Gasteiger partial charge in [0.15, 0.2) is 0 Å². The van der Waals surface area contributed by atoms with Crippen molar-refractivity contribution in [3.8, 4) is 22.3 Å². The maximum absolute atomic E-state index is 2.50. The molecule has 1 atom stereocenters. The van der Waals surface area contributed by atoms with Gasteiger partial charge in [-0.2, -0.15) is 0 Å². The Balaban J connectivity index is 1.03. The van der Waals surface area contributed by atoms with Crippen LogP contribution in [-0.4, -0.2) is 0 Å². The van der Waals surface area contributed by atoms with E-state index in [0.717, 1.165) is 28.4 Å². The van der Waals surface area contributed by atoms with Gasteiger partial charge in [0.1, 0.15) is 0 Å². The zero-order valence-electron chi connectivity index (χ0n) is 37.3. The third kappa shape index (κ3) is 6.13. The van der Waals surface area contributed by atoms with Crippen molar-refractivity contribution in [2.24, 2.45) is 0 Å². The average molecular weight is 843 g/mol. The summed E-state index contributed by atoms with van der Waals surface area (Å²) in [7, 11) is 0. The minimum atomic E-state index is 0.0630. The normalized spacial score (nSPS) is 13.9. The molecule has 0 fully saturated rings. The molecule has 0 saturated heterocycles. The summed E-state index contributed by atoms with van der Waals surface area (Å²) in [5.41, 5.74) is 18.1. The van der Waals surface area contributed by atoms with E-state index in [1.165, 1.54) is 86.7 Å². The fraction of sp³-hybridized carbons (Fsp3) is 0.148. The molecule has 0 N–H and O–H groups in total. The van der Waals surface area contributed by atoms with E-state index in [9.17, 15) is 0 Å². The van der Waals surface area contributed by atoms with Crippen molar-refractivity contribution in [2.45, 2.75) is 58.3 Å². The van der Waals surface area contributed by atoms with Crippen molar-refractivity contribution in [3.05, 3.63) is 215 Å². The van der Waals surface area contributed by atoms with Gasteiger partial charge in [0.25, 0.3) is 0 Å². The molecule has 10 aromatic rings. The number of thiophene rings is 1. The van der Waals surface area contributed by atoms with Crippen LogP contribution in [0, 0.1) is 0 Å². The number of fused-ring (bicyclic) bond motifs is 10. The van der Waals surface area contributed by atoms with Crippen LogP contribution in [0.3, 0.4) is 0 Å². The zero-order chi connectivity index (χ0) is 43.5. The number of anilines is 6. The first kappa shape index (κ1) is 38.7. The largest absolute Gasteiger partial charge is 0.310 e. The van der Waals surface area contributed by atoms with Crippen molar-refractivity contribution in [1.82, 2.24) is 0 Å². The molecule has 9 aromatic carbocycles. The summed E-state index contributed by atoms with van der Waals surface area (Å²) in [5.74, 6) is 0.181. The maximum atomic E-state index is 2.50. The van der Waals surface area contributed by atoms with E-state index in [1.54, 1.807) is 0 Å². The summed E-state index contributed by atoms with van der Waals surface area (Å²) in [6, 6.07) is 70.7. The van der Waals surface area contributed by atoms with Gasteiger partial charge in [0.05, 0.1) is 5.69 Å². The first-order valence-corrected chi connectivity index (χ1v) is 23.4. The van der Waals surface area contributed by atoms with Crippen LogP contribution < -0.4 is 9.80 Å². The van der Waals surface area contributed by atoms with Gasteiger partial charge in [-0.15, -0.1) is 11.3 Å². The minimum Gasteiger partial charge on any atom is -0.310 e. The second-order valence-corrected chi connectivity index (χ2v) is 20.9. The van der Waals surface area contributed by atoms with Crippen molar-refractivity contribution in [1.29, 1.82) is 0 Å². The van der Waals surface area contributed by atoms with Gasteiger partial charge < -0.3 is 9.80 Å². The molecule has 2 aliphatic rings. The molecule has 0 amide bonds. The van der Waals surface area contributed by atoms with Gasteiger partial charge in [0, 0.05) is 60.4 Å². The van der Waals surface area contributed by atoms with Crippen LogP contribution in [0.15, 0.2) is 188 Å². The van der Waals surface area contributed by atoms with E-state index in [2.05, 4.69) is 239 Å². The molecule has 64 heavy (non-hydrogen) atoms. The average Bonchev–Trinajstić information content (AvgIpc) is 3.95. The molecular formula is C61H50N2S. The number of hydrogen-bond acceptors (Lipinski definition) is 3. The number of hydrogen-bond donors (Lipinski definition) is 0. The van der Waals surface area contributed by atoms with Crippen molar-refractivity contribution < 1.29 is 0 Å². The van der Waals surface area contributed by atoms with Gasteiger partial charge in [-0.05, 0) is 132 Å². The summed E-state index contributed by atoms with van der Waals surface area (Å²) in [6.07, 6.45) is 0. The Kier molecular flexibility index (Phi) is 8.64. The van der Waals surface area contributed by atoms with E-state index in [-0.39, 0.29) is 16.7 Å². The van der Waals surface area contributed by atoms with Crippen LogP contribution >= 0.6 is 11.3 Å². The molecule has 310 valence electrons. The van der Waals surface area contributed by atoms with E-state index in [0.29, 0.717) is 0 Å². The second kappa shape index (κ2) is 14.3. The van der Waals surface area contributed by atoms with E-state index in [4.69, 9.17) is 0 Å². The molecule has 0 spiro atoms. The molecule has 12 rings (SSSR count). The molecule has 0 bridgehead atoms. The molecule has 1 aromatic heterocycles. The SMILES string of the molecule is CC(C)(C)c1ccc(N(c2ccc3ccccc3c2)c2ccc3c4c(sc3c2)C2c3ccccc3-c3c(N(c5ccc(C(C)(C)C)cc5)c5ccc6ccccc6c5)ccc-4c32)cc1. The lowest BCUT2D eigenvalue weighted by atomic mass is 9.87. The van der Waals surface area contributed by atoms with Crippen LogP contribution in [0.25, 0.3) is 53.9 Å². The summed E-state index contributed by atoms with van der Waals surface area (Å²) < 4.78 is 1.32. The van der Waals surface area contributed by atoms with Gasteiger partial charge >= 0.3 is 0 Å². The summed E-state index contributed by atoms with van der Waals surface area (Å²) >= 11 is 1.97. The van der Waals surface area contributed by atoms with Crippen molar-refractivity contribution in [3.63, 3.8) is 0 Å². The molecule has 1 unspecified atom stereocenters. The Morgan fingerprint density at radius 2 is 0.906 bits per heavy atom. The van der Waals surface area contributed by atoms with Crippen LogP contribution in [-0.2, 0) is 10.8 Å². The Morgan fingerprint density at radius 3 is 1.52 bits per heavy atom. The van der Waals surface area contributed by atoms with Crippen LogP contribution in [0.1, 0.15) is 74.6 Å². The first-order valence-electron chi connectivity index (χ1n) is 22.6. The van der Waals surface area contributed by atoms with Gasteiger partial charge in [-0.3, -0.25) is 0 Å². The number of nitrogens with zero attached hydrogens (tertiary/aromatic N) is 2. The molecule has 0 saturated carbocycles. The lowest BCUT2D eigenvalue weighted by Gasteiger charge is -2.29. The van der Waals surface area contributed by atoms with Crippen molar-refractivity contribution in [2.75, 3.05) is 9.80 Å². The van der Waals surface area contributed by atoms with Gasteiger partial charge in [-0.25, -0.2) is 0 Å². The van der Waals surface area contributed by atoms with E-state index in [1.807, 2.05) is 11.3 Å². The summed E-state index contributed by atoms with van der Waals surface area (Å²) in [6.45, 7) is 13.7. The molecule has 0 radical (unpaired) electrons. The standard InChI is InChI=1S/C61H50N2S/c1-60(2,3)42-21-27-44(28-22-42)62(46-25-19-38-13-7-9-15-40(38)35-46)48-31-32-51-54(37-48)64-59-55(51)52-33-34-53(56-49-17-11-12-18-50(49)58(59)57(52)56)63(45-29-23-43(24-30-45)61(4,5)6)47-26-20-39-14-8-10-16-41(39)36-47/h7-37,58H,1-6H3. The molecular weight excluding hydrogens is 793 g/mol. The predicted octanol–water partition coefficient (Wildman–Crippen LogP) is 17.9. The summed E-state index contributed by atoms with van der Waals surface area (Å²) in [5, 5.41) is 6.30. The van der Waals surface area contributed by atoms with Gasteiger partial charge in [-0.1, -0.05) is 163 Å². The highest BCUT2D eigenvalue weighted by Gasteiger charge is 2.43. The monoisotopic (exact) mass is 842 g/mol. The fourth-order valence-corrected chi connectivity index (χ4v) is 11.8. The number of benzene rings is 9. The minimum absolute atomic E-state index is 0.0630. The van der Waals surface area contributed by atoms with Gasteiger partial charge in [0.2, 0.25) is 0 Å². The van der Waals surface area contributed by atoms with Crippen LogP contribution in [0.2, 0.25) is 0 Å². The lowest BCUT2D eigenvalue weighted by Crippen LogP contribution is -2.14. The Morgan fingerprint density at radius 1 is 0.406 bits per heavy atom. The summed E-state index contributed by atoms with van der Waals surface area (Å²) in [4.78, 5) is 6.38. The highest BCUT2D eigenvalue weighted by molar-refractivity contribution is 7.20. The van der Waals surface area contributed by atoms with E-state index < -0.39 is 0 Å². The maximum Gasteiger partial charge on any atom is 0.0543 e. The van der Waals surface area contributed by atoms with Crippen molar-refractivity contribution >= 4 is 77.1 Å². The highest BCUT2D eigenvalue weighted by atomic mass is 32.1. The van der Waals surface area contributed by atoms with E-state index >= 15 is 0 Å². The quantitative estimate of drug-likeness (QED) is 0.165. The Labute approximate surface area is 380 Å². The molecule has 1 heterocycles. The molecule has 0 aliphatic heterocycles. The highest BCUT2D eigenvalue weighted by Crippen LogP contribution is 2.64. The number of rotatable bonds is 6. The molecule has 3 heteroatoms. The smallest absolute Gasteiger partial charge is 0.0543 e. The third-order valence-electron chi connectivity index (χ3n) is 13.8. The third-order valence-corrected chi connectivity index (χ3v) is 15.0. The van der Waals surface area contributed by atoms with Crippen LogP contribution in [0.4, 0.5) is 34.1 Å². The zero-order valence-corrected chi connectivity index (χ0v) is 38.1. The predicted molar refractivity (Wildman–Crippen MR) is 275 cm³/mol. The fourth-order valence-electron chi connectivity index (χ4n) is 10.5. The lowest BCUT2D eigenvalue weighted by molar-refractivity contribution is 0.590. The molecule has 2 nitrogen and oxygen atoms in total. The topological polar surface area (TPSA) is 6.48 Å². The molecule has 2 aliphatic carbocycles. The first-order chi connectivity index (χ1) is 31.0. The Bertz CT molecular complexity index is 3470. The Hall–Kier alpha value is -6.94.